The molecule has 0 spiro atoms. The molecule has 0 fully saturated rings. The molecule has 0 radical (unpaired) electrons. The topological polar surface area (TPSA) is 38.7 Å². The third-order valence-corrected chi connectivity index (χ3v) is 4.84. The summed E-state index contributed by atoms with van der Waals surface area (Å²) in [6.07, 6.45) is 0. The lowest BCUT2D eigenvalue weighted by Crippen LogP contribution is -1.96. The minimum atomic E-state index is 0.852. The van der Waals surface area contributed by atoms with E-state index in [1.54, 1.807) is 0 Å². The zero-order valence-corrected chi connectivity index (χ0v) is 16.7. The molecule has 1 aromatic carbocycles. The fraction of sp³-hybridized carbons (Fsp3) is 0.160. The summed E-state index contributed by atoms with van der Waals surface area (Å²) in [4.78, 5) is 14.3. The number of pyridine rings is 3. The van der Waals surface area contributed by atoms with Crippen molar-refractivity contribution in [1.29, 1.82) is 0 Å². The summed E-state index contributed by atoms with van der Waals surface area (Å²) in [7, 11) is 0. The predicted molar refractivity (Wildman–Crippen MR) is 115 cm³/mol. The van der Waals surface area contributed by atoms with Crippen molar-refractivity contribution in [3.8, 4) is 34.0 Å². The molecule has 3 aromatic heterocycles. The average molecular weight is 365 g/mol. The Morgan fingerprint density at radius 3 is 1.46 bits per heavy atom. The lowest BCUT2D eigenvalue weighted by molar-refractivity contribution is 1.17. The van der Waals surface area contributed by atoms with Crippen molar-refractivity contribution in [1.82, 2.24) is 15.0 Å². The van der Waals surface area contributed by atoms with E-state index in [9.17, 15) is 0 Å². The number of aryl methyl sites for hydroxylation is 4. The van der Waals surface area contributed by atoms with Gasteiger partial charge in [-0.3, -0.25) is 4.98 Å². The summed E-state index contributed by atoms with van der Waals surface area (Å²) < 4.78 is 0. The molecule has 0 bridgehead atoms. The molecule has 28 heavy (non-hydrogen) atoms. The lowest BCUT2D eigenvalue weighted by atomic mass is 9.97. The quantitative estimate of drug-likeness (QED) is 0.440. The van der Waals surface area contributed by atoms with Crippen LogP contribution in [0.3, 0.4) is 0 Å². The summed E-state index contributed by atoms with van der Waals surface area (Å²) in [6, 6.07) is 22.5. The van der Waals surface area contributed by atoms with E-state index in [-0.39, 0.29) is 0 Å². The second kappa shape index (κ2) is 7.35. The van der Waals surface area contributed by atoms with Gasteiger partial charge in [-0.05, 0) is 75.2 Å². The van der Waals surface area contributed by atoms with E-state index in [1.807, 2.05) is 49.4 Å². The van der Waals surface area contributed by atoms with Crippen molar-refractivity contribution in [2.24, 2.45) is 0 Å². The molecule has 0 aliphatic heterocycles. The van der Waals surface area contributed by atoms with Crippen LogP contribution >= 0.6 is 0 Å². The van der Waals surface area contributed by atoms with Gasteiger partial charge in [-0.25, -0.2) is 9.97 Å². The van der Waals surface area contributed by atoms with Crippen LogP contribution in [0.5, 0.6) is 0 Å². The van der Waals surface area contributed by atoms with Crippen molar-refractivity contribution < 1.29 is 0 Å². The number of aromatic nitrogens is 3. The first kappa shape index (κ1) is 18.1. The highest BCUT2D eigenvalue weighted by Gasteiger charge is 2.11. The van der Waals surface area contributed by atoms with Gasteiger partial charge in [0.1, 0.15) is 0 Å². The normalized spacial score (nSPS) is 10.9. The fourth-order valence-corrected chi connectivity index (χ4v) is 3.71. The first-order chi connectivity index (χ1) is 13.5. The van der Waals surface area contributed by atoms with Crippen molar-refractivity contribution >= 4 is 0 Å². The van der Waals surface area contributed by atoms with Crippen LogP contribution in [0, 0.1) is 27.7 Å². The Kier molecular flexibility index (Phi) is 4.74. The molecular formula is C25H23N3. The summed E-state index contributed by atoms with van der Waals surface area (Å²) in [5.74, 6) is 0. The molecule has 0 N–H and O–H groups in total. The van der Waals surface area contributed by atoms with E-state index < -0.39 is 0 Å². The molecule has 3 heterocycles. The van der Waals surface area contributed by atoms with E-state index in [1.165, 1.54) is 22.3 Å². The molecular weight excluding hydrogens is 342 g/mol. The minimum Gasteiger partial charge on any atom is -0.251 e. The largest absolute Gasteiger partial charge is 0.251 e. The SMILES string of the molecule is Cc1cc(C)c(-c2cccc(-c3cccc(-c4cccc(C)n4)n3)n2)c(C)c1. The van der Waals surface area contributed by atoms with Crippen molar-refractivity contribution in [2.75, 3.05) is 0 Å². The van der Waals surface area contributed by atoms with E-state index in [2.05, 4.69) is 50.0 Å². The van der Waals surface area contributed by atoms with Crippen LogP contribution in [0.15, 0.2) is 66.7 Å². The van der Waals surface area contributed by atoms with Gasteiger partial charge in [-0.2, -0.15) is 0 Å². The number of hydrogen-bond acceptors (Lipinski definition) is 3. The van der Waals surface area contributed by atoms with E-state index >= 15 is 0 Å². The van der Waals surface area contributed by atoms with Crippen LogP contribution < -0.4 is 0 Å². The Balaban J connectivity index is 1.78. The number of rotatable bonds is 3. The second-order valence-electron chi connectivity index (χ2n) is 7.25. The van der Waals surface area contributed by atoms with Gasteiger partial charge in [0.05, 0.1) is 28.5 Å². The van der Waals surface area contributed by atoms with Gasteiger partial charge in [0, 0.05) is 11.3 Å². The van der Waals surface area contributed by atoms with E-state index in [0.717, 1.165) is 34.2 Å². The highest BCUT2D eigenvalue weighted by molar-refractivity contribution is 5.71. The molecule has 138 valence electrons. The summed E-state index contributed by atoms with van der Waals surface area (Å²) >= 11 is 0. The molecule has 0 unspecified atom stereocenters. The van der Waals surface area contributed by atoms with Crippen LogP contribution in [0.25, 0.3) is 34.0 Å². The van der Waals surface area contributed by atoms with Gasteiger partial charge in [-0.15, -0.1) is 0 Å². The van der Waals surface area contributed by atoms with Gasteiger partial charge >= 0.3 is 0 Å². The maximum Gasteiger partial charge on any atom is 0.0894 e. The Morgan fingerprint density at radius 1 is 0.500 bits per heavy atom. The summed E-state index contributed by atoms with van der Waals surface area (Å²) in [5, 5.41) is 0. The zero-order valence-electron chi connectivity index (χ0n) is 16.7. The average Bonchev–Trinajstić information content (AvgIpc) is 2.68. The molecule has 0 atom stereocenters. The Hall–Kier alpha value is -3.33. The first-order valence-corrected chi connectivity index (χ1v) is 9.48. The number of hydrogen-bond donors (Lipinski definition) is 0. The van der Waals surface area contributed by atoms with Gasteiger partial charge in [-0.1, -0.05) is 35.9 Å². The maximum absolute atomic E-state index is 4.93. The number of nitrogens with zero attached hydrogens (tertiary/aromatic N) is 3. The third-order valence-electron chi connectivity index (χ3n) is 4.84. The van der Waals surface area contributed by atoms with Gasteiger partial charge in [0.25, 0.3) is 0 Å². The highest BCUT2D eigenvalue weighted by Crippen LogP contribution is 2.29. The smallest absolute Gasteiger partial charge is 0.0894 e. The maximum atomic E-state index is 4.93. The predicted octanol–water partition coefficient (Wildman–Crippen LogP) is 6.11. The van der Waals surface area contributed by atoms with Crippen LogP contribution in [0.1, 0.15) is 22.4 Å². The monoisotopic (exact) mass is 365 g/mol. The summed E-state index contributed by atoms with van der Waals surface area (Å²) in [6.45, 7) is 8.41. The standard InChI is InChI=1S/C25H23N3/c1-16-14-17(2)25(18(3)15-16)24-13-7-12-23(28-24)22-11-6-10-21(27-22)20-9-5-8-19(4)26-20/h5-15H,1-4H3. The second-order valence-corrected chi connectivity index (χ2v) is 7.25. The zero-order chi connectivity index (χ0) is 19.7. The first-order valence-electron chi connectivity index (χ1n) is 9.48. The summed E-state index contributed by atoms with van der Waals surface area (Å²) in [5.41, 5.74) is 10.4. The molecule has 3 nitrogen and oxygen atoms in total. The van der Waals surface area contributed by atoms with Crippen LogP contribution in [0.2, 0.25) is 0 Å². The number of benzene rings is 1. The van der Waals surface area contributed by atoms with E-state index in [0.29, 0.717) is 0 Å². The third kappa shape index (κ3) is 3.56. The Morgan fingerprint density at radius 2 is 0.929 bits per heavy atom. The molecule has 3 heteroatoms. The molecule has 0 amide bonds. The molecule has 4 rings (SSSR count). The van der Waals surface area contributed by atoms with Gasteiger partial charge in [0.2, 0.25) is 0 Å². The molecule has 0 saturated carbocycles. The van der Waals surface area contributed by atoms with Crippen LogP contribution in [-0.2, 0) is 0 Å². The van der Waals surface area contributed by atoms with Gasteiger partial charge in [0.15, 0.2) is 0 Å². The van der Waals surface area contributed by atoms with Gasteiger partial charge < -0.3 is 0 Å². The minimum absolute atomic E-state index is 0.852. The van der Waals surface area contributed by atoms with E-state index in [4.69, 9.17) is 9.97 Å². The van der Waals surface area contributed by atoms with Crippen LogP contribution in [-0.4, -0.2) is 15.0 Å². The molecule has 4 aromatic rings. The lowest BCUT2D eigenvalue weighted by Gasteiger charge is -2.12. The molecule has 0 aliphatic rings. The van der Waals surface area contributed by atoms with Crippen LogP contribution in [0.4, 0.5) is 0 Å². The Labute approximate surface area is 166 Å². The highest BCUT2D eigenvalue weighted by atomic mass is 14.8. The van der Waals surface area contributed by atoms with Crippen molar-refractivity contribution in [3.63, 3.8) is 0 Å². The van der Waals surface area contributed by atoms with Crippen molar-refractivity contribution in [3.05, 3.63) is 89.1 Å². The Bertz CT molecular complexity index is 1140. The fourth-order valence-electron chi connectivity index (χ4n) is 3.71. The molecule has 0 saturated heterocycles. The van der Waals surface area contributed by atoms with Crippen molar-refractivity contribution in [2.45, 2.75) is 27.7 Å². The molecule has 0 aliphatic carbocycles.